The molecule has 88 valence electrons. The van der Waals surface area contributed by atoms with Crippen LogP contribution in [0, 0.1) is 5.82 Å². The van der Waals surface area contributed by atoms with Gasteiger partial charge in [-0.3, -0.25) is 0 Å². The zero-order valence-electron chi connectivity index (χ0n) is 9.07. The predicted molar refractivity (Wildman–Crippen MR) is 55.3 cm³/mol. The van der Waals surface area contributed by atoms with E-state index in [2.05, 4.69) is 0 Å². The topological polar surface area (TPSA) is 55.8 Å². The molecular weight excluding hydrogens is 215 g/mol. The van der Waals surface area contributed by atoms with Crippen molar-refractivity contribution in [2.24, 2.45) is 0 Å². The molecule has 0 aliphatic heterocycles. The summed E-state index contributed by atoms with van der Waals surface area (Å²) in [5.41, 5.74) is -0.191. The number of rotatable bonds is 5. The van der Waals surface area contributed by atoms with Crippen molar-refractivity contribution in [2.45, 2.75) is 13.0 Å². The minimum atomic E-state index is -1.22. The van der Waals surface area contributed by atoms with Crippen LogP contribution in [0.15, 0.2) is 18.2 Å². The summed E-state index contributed by atoms with van der Waals surface area (Å²) in [5.74, 6) is -2.17. The third-order valence-electron chi connectivity index (χ3n) is 2.06. The van der Waals surface area contributed by atoms with Gasteiger partial charge in [0.15, 0.2) is 11.6 Å². The third kappa shape index (κ3) is 2.93. The molecule has 0 saturated carbocycles. The summed E-state index contributed by atoms with van der Waals surface area (Å²) in [6, 6.07) is 3.77. The Hall–Kier alpha value is -1.62. The zero-order valence-corrected chi connectivity index (χ0v) is 9.07. The highest BCUT2D eigenvalue weighted by Gasteiger charge is 2.16. The fraction of sp³-hybridized carbons (Fsp3) is 0.364. The summed E-state index contributed by atoms with van der Waals surface area (Å²) < 4.78 is 23.4. The van der Waals surface area contributed by atoms with Crippen LogP contribution in [-0.2, 0) is 4.74 Å². The van der Waals surface area contributed by atoms with Gasteiger partial charge < -0.3 is 14.6 Å². The number of aromatic carboxylic acids is 1. The number of benzene rings is 1. The Bertz CT molecular complexity index is 378. The summed E-state index contributed by atoms with van der Waals surface area (Å²) >= 11 is 0. The van der Waals surface area contributed by atoms with Gasteiger partial charge in [0.1, 0.15) is 12.2 Å². The number of hydrogen-bond acceptors (Lipinski definition) is 3. The van der Waals surface area contributed by atoms with Gasteiger partial charge >= 0.3 is 5.97 Å². The molecule has 0 heterocycles. The monoisotopic (exact) mass is 228 g/mol. The molecule has 1 unspecified atom stereocenters. The van der Waals surface area contributed by atoms with Crippen LogP contribution in [0.1, 0.15) is 17.3 Å². The Morgan fingerprint density at radius 1 is 1.56 bits per heavy atom. The highest BCUT2D eigenvalue weighted by molar-refractivity contribution is 5.90. The molecule has 4 nitrogen and oxygen atoms in total. The van der Waals surface area contributed by atoms with Gasteiger partial charge in [-0.05, 0) is 19.1 Å². The minimum Gasteiger partial charge on any atom is -0.487 e. The van der Waals surface area contributed by atoms with E-state index in [1.165, 1.54) is 19.2 Å². The molecule has 1 atom stereocenters. The Morgan fingerprint density at radius 3 is 2.81 bits per heavy atom. The fourth-order valence-electron chi connectivity index (χ4n) is 1.09. The summed E-state index contributed by atoms with van der Waals surface area (Å²) in [7, 11) is 1.49. The number of carbonyl (C=O) groups is 1. The molecule has 16 heavy (non-hydrogen) atoms. The van der Waals surface area contributed by atoms with E-state index in [9.17, 15) is 9.18 Å². The summed E-state index contributed by atoms with van der Waals surface area (Å²) in [4.78, 5) is 10.8. The highest BCUT2D eigenvalue weighted by Crippen LogP contribution is 2.22. The van der Waals surface area contributed by atoms with E-state index in [1.54, 1.807) is 6.92 Å². The number of ether oxygens (including phenoxy) is 2. The fourth-order valence-corrected chi connectivity index (χ4v) is 1.09. The van der Waals surface area contributed by atoms with Crippen molar-refractivity contribution in [3.63, 3.8) is 0 Å². The van der Waals surface area contributed by atoms with Gasteiger partial charge in [-0.1, -0.05) is 6.07 Å². The molecule has 0 bridgehead atoms. The molecule has 0 aliphatic rings. The Balaban J connectivity index is 2.88. The number of methoxy groups -OCH3 is 1. The highest BCUT2D eigenvalue weighted by atomic mass is 19.1. The average Bonchev–Trinajstić information content (AvgIpc) is 2.26. The number of hydrogen-bond donors (Lipinski definition) is 1. The molecule has 1 aromatic carbocycles. The maximum Gasteiger partial charge on any atom is 0.339 e. The smallest absolute Gasteiger partial charge is 0.339 e. The first-order valence-electron chi connectivity index (χ1n) is 4.73. The van der Waals surface area contributed by atoms with Crippen molar-refractivity contribution in [3.05, 3.63) is 29.6 Å². The Kier molecular flexibility index (Phi) is 4.25. The largest absolute Gasteiger partial charge is 0.487 e. The van der Waals surface area contributed by atoms with E-state index in [0.717, 1.165) is 6.07 Å². The van der Waals surface area contributed by atoms with Crippen molar-refractivity contribution in [3.8, 4) is 5.75 Å². The number of carboxylic acid groups (broad SMARTS) is 1. The average molecular weight is 228 g/mol. The zero-order chi connectivity index (χ0) is 12.1. The molecule has 0 aromatic heterocycles. The van der Waals surface area contributed by atoms with Gasteiger partial charge in [0.25, 0.3) is 0 Å². The second-order valence-electron chi connectivity index (χ2n) is 3.28. The number of carboxylic acids is 1. The molecule has 1 N–H and O–H groups in total. The van der Waals surface area contributed by atoms with E-state index in [4.69, 9.17) is 14.6 Å². The first-order valence-corrected chi connectivity index (χ1v) is 4.73. The van der Waals surface area contributed by atoms with Crippen LogP contribution < -0.4 is 4.74 Å². The molecule has 1 rings (SSSR count). The first kappa shape index (κ1) is 12.4. The maximum absolute atomic E-state index is 13.3. The standard InChI is InChI=1S/C11H13FO4/c1-7(15-2)6-16-10-8(11(13)14)4-3-5-9(10)12/h3-5,7H,6H2,1-2H3,(H,13,14). The molecule has 0 saturated heterocycles. The molecule has 0 fully saturated rings. The number of para-hydroxylation sites is 1. The normalized spacial score (nSPS) is 12.2. The van der Waals surface area contributed by atoms with Crippen molar-refractivity contribution in [2.75, 3.05) is 13.7 Å². The number of halogens is 1. The van der Waals surface area contributed by atoms with Crippen LogP contribution >= 0.6 is 0 Å². The predicted octanol–water partition coefficient (Wildman–Crippen LogP) is 1.94. The molecule has 0 aliphatic carbocycles. The van der Waals surface area contributed by atoms with Crippen molar-refractivity contribution in [1.82, 2.24) is 0 Å². The molecule has 0 radical (unpaired) electrons. The van der Waals surface area contributed by atoms with E-state index in [0.29, 0.717) is 0 Å². The van der Waals surface area contributed by atoms with Crippen LogP contribution in [0.5, 0.6) is 5.75 Å². The molecule has 0 spiro atoms. The second kappa shape index (κ2) is 5.46. The lowest BCUT2D eigenvalue weighted by molar-refractivity contribution is 0.0636. The van der Waals surface area contributed by atoms with Gasteiger partial charge in [-0.25, -0.2) is 9.18 Å². The van der Waals surface area contributed by atoms with Crippen LogP contribution in [0.4, 0.5) is 4.39 Å². The Labute approximate surface area is 92.6 Å². The van der Waals surface area contributed by atoms with E-state index >= 15 is 0 Å². The van der Waals surface area contributed by atoms with E-state index < -0.39 is 11.8 Å². The maximum atomic E-state index is 13.3. The first-order chi connectivity index (χ1) is 7.56. The van der Waals surface area contributed by atoms with Crippen LogP contribution in [-0.4, -0.2) is 30.9 Å². The van der Waals surface area contributed by atoms with E-state index in [-0.39, 0.29) is 24.0 Å². The third-order valence-corrected chi connectivity index (χ3v) is 2.06. The molecule has 1 aromatic rings. The van der Waals surface area contributed by atoms with Crippen LogP contribution in [0.3, 0.4) is 0 Å². The van der Waals surface area contributed by atoms with Crippen molar-refractivity contribution in [1.29, 1.82) is 0 Å². The van der Waals surface area contributed by atoms with Crippen molar-refractivity contribution >= 4 is 5.97 Å². The summed E-state index contributed by atoms with van der Waals surface area (Å²) in [6.45, 7) is 1.83. The molecule has 0 amide bonds. The van der Waals surface area contributed by atoms with Gasteiger partial charge in [-0.2, -0.15) is 0 Å². The molecule has 5 heteroatoms. The van der Waals surface area contributed by atoms with Crippen LogP contribution in [0.2, 0.25) is 0 Å². The van der Waals surface area contributed by atoms with Crippen LogP contribution in [0.25, 0.3) is 0 Å². The lowest BCUT2D eigenvalue weighted by Gasteiger charge is -2.13. The second-order valence-corrected chi connectivity index (χ2v) is 3.28. The quantitative estimate of drug-likeness (QED) is 0.836. The lowest BCUT2D eigenvalue weighted by Crippen LogP contribution is -2.17. The SMILES string of the molecule is COC(C)COc1c(F)cccc1C(=O)O. The Morgan fingerprint density at radius 2 is 2.25 bits per heavy atom. The summed E-state index contributed by atoms with van der Waals surface area (Å²) in [6.07, 6.45) is -0.235. The summed E-state index contributed by atoms with van der Waals surface area (Å²) in [5, 5.41) is 8.83. The van der Waals surface area contributed by atoms with Crippen molar-refractivity contribution < 1.29 is 23.8 Å². The van der Waals surface area contributed by atoms with Gasteiger partial charge in [0.05, 0.1) is 6.10 Å². The van der Waals surface area contributed by atoms with Gasteiger partial charge in [0, 0.05) is 7.11 Å². The van der Waals surface area contributed by atoms with E-state index in [1.807, 2.05) is 0 Å². The molecular formula is C11H13FO4. The van der Waals surface area contributed by atoms with Gasteiger partial charge in [0.2, 0.25) is 0 Å². The van der Waals surface area contributed by atoms with Gasteiger partial charge in [-0.15, -0.1) is 0 Å². The lowest BCUT2D eigenvalue weighted by atomic mass is 10.2. The minimum absolute atomic E-state index is 0.0950.